The number of ketones is 1. The first-order chi connectivity index (χ1) is 20.0. The highest BCUT2D eigenvalue weighted by atomic mass is 35.5. The first-order valence-corrected chi connectivity index (χ1v) is 15.8. The maximum absolute atomic E-state index is 15.5. The van der Waals surface area contributed by atoms with Gasteiger partial charge in [-0.25, -0.2) is 0 Å². The summed E-state index contributed by atoms with van der Waals surface area (Å²) in [5.74, 6) is 1.40. The van der Waals surface area contributed by atoms with E-state index in [2.05, 4.69) is 59.5 Å². The van der Waals surface area contributed by atoms with Crippen LogP contribution in [0.4, 0.5) is 0 Å². The molecule has 5 aromatic rings. The fraction of sp³-hybridized carbons (Fsp3) is 0.257. The first kappa shape index (κ1) is 23.4. The Morgan fingerprint density at radius 2 is 1.68 bits per heavy atom. The maximum Gasteiger partial charge on any atom is 0.173 e. The molecule has 6 heteroatoms. The van der Waals surface area contributed by atoms with Gasteiger partial charge < -0.3 is 5.11 Å². The van der Waals surface area contributed by atoms with Gasteiger partial charge in [0.15, 0.2) is 5.78 Å². The molecule has 6 atom stereocenters. The topological polar surface area (TPSA) is 53.4 Å². The Labute approximate surface area is 246 Å². The van der Waals surface area contributed by atoms with Crippen LogP contribution in [0.3, 0.4) is 0 Å². The SMILES string of the molecule is O=C1c2cc3ccccc3nc2[C@@H]2C[C@]13[C@@H](c1ccc(Cl)cc1)C1CSCN1[C@]31c3cccc4cccc(c34)[C@]21O. The van der Waals surface area contributed by atoms with Crippen molar-refractivity contribution >= 4 is 50.8 Å². The summed E-state index contributed by atoms with van der Waals surface area (Å²) in [5.41, 5.74) is 2.38. The molecule has 0 radical (unpaired) electrons. The molecule has 2 saturated heterocycles. The third-order valence-electron chi connectivity index (χ3n) is 11.2. The number of hydrogen-bond donors (Lipinski definition) is 1. The van der Waals surface area contributed by atoms with Gasteiger partial charge in [0, 0.05) is 45.5 Å². The molecule has 5 aliphatic rings. The Bertz CT molecular complexity index is 2010. The van der Waals surface area contributed by atoms with Crippen molar-refractivity contribution in [3.63, 3.8) is 0 Å². The zero-order chi connectivity index (χ0) is 27.3. The van der Waals surface area contributed by atoms with Crippen LogP contribution < -0.4 is 0 Å². The van der Waals surface area contributed by atoms with Gasteiger partial charge in [0.25, 0.3) is 0 Å². The van der Waals surface area contributed by atoms with Crippen LogP contribution in [0.5, 0.6) is 0 Å². The Morgan fingerprint density at radius 3 is 2.51 bits per heavy atom. The molecule has 41 heavy (non-hydrogen) atoms. The molecular formula is C35H25ClN2O2S. The zero-order valence-corrected chi connectivity index (χ0v) is 23.6. The van der Waals surface area contributed by atoms with Crippen LogP contribution in [-0.4, -0.2) is 38.4 Å². The number of aromatic nitrogens is 1. The molecule has 0 amide bonds. The number of pyridine rings is 1. The van der Waals surface area contributed by atoms with Crippen molar-refractivity contribution < 1.29 is 9.90 Å². The molecule has 1 aromatic heterocycles. The molecule has 2 bridgehead atoms. The largest absolute Gasteiger partial charge is 0.382 e. The summed E-state index contributed by atoms with van der Waals surface area (Å²) < 4.78 is 0. The molecule has 3 fully saturated rings. The van der Waals surface area contributed by atoms with Crippen molar-refractivity contribution in [1.82, 2.24) is 9.88 Å². The van der Waals surface area contributed by atoms with Crippen LogP contribution in [0, 0.1) is 5.41 Å². The Kier molecular flexibility index (Phi) is 4.21. The van der Waals surface area contributed by atoms with Crippen molar-refractivity contribution in [2.75, 3.05) is 11.6 Å². The number of carbonyl (C=O) groups is 1. The van der Waals surface area contributed by atoms with E-state index >= 15 is 4.79 Å². The third-order valence-corrected chi connectivity index (χ3v) is 12.5. The van der Waals surface area contributed by atoms with Crippen LogP contribution >= 0.6 is 23.4 Å². The van der Waals surface area contributed by atoms with Gasteiger partial charge in [-0.3, -0.25) is 14.7 Å². The van der Waals surface area contributed by atoms with Crippen LogP contribution in [0.15, 0.2) is 91.0 Å². The van der Waals surface area contributed by atoms with E-state index in [-0.39, 0.29) is 23.7 Å². The lowest BCUT2D eigenvalue weighted by Crippen LogP contribution is -2.59. The monoisotopic (exact) mass is 572 g/mol. The first-order valence-electron chi connectivity index (χ1n) is 14.3. The van der Waals surface area contributed by atoms with Gasteiger partial charge in [0.1, 0.15) is 5.60 Å². The standard InChI is InChI=1S/C35H25ClN2O2S/c36-22-13-11-20(12-14-22)30-28-17-41-18-38(28)35-25-9-4-7-19-6-3-8-24(29(19)25)34(35,40)26-16-33(30,35)32(39)23-15-21-5-1-2-10-27(21)37-31(23)26/h1-15,26,28,30,40H,16-18H2/t26-,28?,30-,33-,34-,35+/m0/s1. The molecule has 1 unspecified atom stereocenters. The highest BCUT2D eigenvalue weighted by Gasteiger charge is 2.88. The lowest BCUT2D eigenvalue weighted by atomic mass is 9.57. The number of fused-ring (bicyclic) bond motifs is 7. The van der Waals surface area contributed by atoms with Crippen molar-refractivity contribution in [2.24, 2.45) is 5.41 Å². The third kappa shape index (κ3) is 2.31. The van der Waals surface area contributed by atoms with E-state index in [1.807, 2.05) is 48.2 Å². The number of nitrogens with zero attached hydrogens (tertiary/aromatic N) is 2. The number of para-hydroxylation sites is 1. The van der Waals surface area contributed by atoms with Gasteiger partial charge >= 0.3 is 0 Å². The van der Waals surface area contributed by atoms with Crippen LogP contribution in [0.1, 0.15) is 51.0 Å². The van der Waals surface area contributed by atoms with E-state index in [4.69, 9.17) is 16.6 Å². The summed E-state index contributed by atoms with van der Waals surface area (Å²) in [5, 5.41) is 17.6. The number of hydrogen-bond acceptors (Lipinski definition) is 5. The molecule has 2 aliphatic heterocycles. The Hall–Kier alpha value is -3.22. The lowest BCUT2D eigenvalue weighted by Gasteiger charge is -2.49. The molecule has 4 aromatic carbocycles. The number of aliphatic hydroxyl groups is 1. The molecule has 1 N–H and O–H groups in total. The summed E-state index contributed by atoms with van der Waals surface area (Å²) in [6.45, 7) is 0. The summed E-state index contributed by atoms with van der Waals surface area (Å²) >= 11 is 8.30. The van der Waals surface area contributed by atoms with Crippen LogP contribution in [0.2, 0.25) is 5.02 Å². The molecule has 2 spiro atoms. The molecule has 4 nitrogen and oxygen atoms in total. The Morgan fingerprint density at radius 1 is 0.927 bits per heavy atom. The smallest absolute Gasteiger partial charge is 0.173 e. The number of halogens is 1. The lowest BCUT2D eigenvalue weighted by molar-refractivity contribution is -0.109. The van der Waals surface area contributed by atoms with Crippen molar-refractivity contribution in [1.29, 1.82) is 0 Å². The van der Waals surface area contributed by atoms with E-state index in [9.17, 15) is 5.11 Å². The molecule has 200 valence electrons. The number of benzene rings is 4. The normalized spacial score (nSPS) is 34.2. The highest BCUT2D eigenvalue weighted by Crippen LogP contribution is 2.83. The number of Topliss-reactive ketones (excluding diaryl/α,β-unsaturated/α-hetero) is 1. The van der Waals surface area contributed by atoms with Crippen molar-refractivity contribution in [3.8, 4) is 0 Å². The van der Waals surface area contributed by atoms with Gasteiger partial charge in [0.05, 0.1) is 22.2 Å². The summed E-state index contributed by atoms with van der Waals surface area (Å²) in [4.78, 5) is 23.3. The summed E-state index contributed by atoms with van der Waals surface area (Å²) in [7, 11) is 0. The van der Waals surface area contributed by atoms with Gasteiger partial charge in [-0.15, -0.1) is 11.8 Å². The predicted octanol–water partition coefficient (Wildman–Crippen LogP) is 6.98. The van der Waals surface area contributed by atoms with E-state index in [1.165, 1.54) is 0 Å². The molecule has 3 heterocycles. The van der Waals surface area contributed by atoms with Gasteiger partial charge in [-0.2, -0.15) is 0 Å². The molecule has 3 aliphatic carbocycles. The molecule has 10 rings (SSSR count). The average molecular weight is 573 g/mol. The van der Waals surface area contributed by atoms with E-state index in [1.54, 1.807) is 0 Å². The highest BCUT2D eigenvalue weighted by molar-refractivity contribution is 7.99. The molecule has 1 saturated carbocycles. The van der Waals surface area contributed by atoms with Crippen LogP contribution in [-0.2, 0) is 11.1 Å². The van der Waals surface area contributed by atoms with E-state index < -0.39 is 16.6 Å². The zero-order valence-electron chi connectivity index (χ0n) is 22.0. The van der Waals surface area contributed by atoms with Crippen LogP contribution in [0.25, 0.3) is 21.7 Å². The maximum atomic E-state index is 15.5. The second-order valence-corrected chi connectivity index (χ2v) is 13.9. The van der Waals surface area contributed by atoms with Gasteiger partial charge in [0.2, 0.25) is 0 Å². The fourth-order valence-corrected chi connectivity index (χ4v) is 11.5. The quantitative estimate of drug-likeness (QED) is 0.235. The summed E-state index contributed by atoms with van der Waals surface area (Å²) in [6.07, 6.45) is 0.566. The number of thioether (sulfide) groups is 1. The van der Waals surface area contributed by atoms with Gasteiger partial charge in [-0.1, -0.05) is 78.3 Å². The second kappa shape index (κ2) is 7.40. The Balaban J connectivity index is 1.39. The summed E-state index contributed by atoms with van der Waals surface area (Å²) in [6, 6.07) is 31.0. The van der Waals surface area contributed by atoms with Gasteiger partial charge in [-0.05, 0) is 58.1 Å². The van der Waals surface area contributed by atoms with E-state index in [0.29, 0.717) is 17.0 Å². The minimum atomic E-state index is -1.31. The minimum Gasteiger partial charge on any atom is -0.382 e. The van der Waals surface area contributed by atoms with Crippen molar-refractivity contribution in [3.05, 3.63) is 124 Å². The number of rotatable bonds is 1. The predicted molar refractivity (Wildman–Crippen MR) is 163 cm³/mol. The second-order valence-electron chi connectivity index (χ2n) is 12.4. The van der Waals surface area contributed by atoms with Crippen molar-refractivity contribution in [2.45, 2.75) is 35.4 Å². The fourth-order valence-electron chi connectivity index (χ4n) is 10.1. The molecular weight excluding hydrogens is 548 g/mol. The number of carbonyl (C=O) groups excluding carboxylic acids is 1. The van der Waals surface area contributed by atoms with E-state index in [0.717, 1.165) is 55.7 Å². The minimum absolute atomic E-state index is 0.0945. The average Bonchev–Trinajstić information content (AvgIpc) is 3.67.